The van der Waals surface area contributed by atoms with Crippen LogP contribution in [0.25, 0.3) is 0 Å². The van der Waals surface area contributed by atoms with E-state index in [0.29, 0.717) is 11.3 Å². The number of aliphatic hydroxyl groups is 1. The summed E-state index contributed by atoms with van der Waals surface area (Å²) in [5.41, 5.74) is 5.65. The first-order chi connectivity index (χ1) is 9.97. The van der Waals surface area contributed by atoms with Crippen LogP contribution in [0.4, 0.5) is 8.78 Å². The predicted octanol–water partition coefficient (Wildman–Crippen LogP) is 2.18. The highest BCUT2D eigenvalue weighted by molar-refractivity contribution is 5.92. The van der Waals surface area contributed by atoms with Crippen LogP contribution in [0.5, 0.6) is 5.75 Å². The van der Waals surface area contributed by atoms with Crippen molar-refractivity contribution in [2.45, 2.75) is 6.10 Å². The molecule has 4 nitrogen and oxygen atoms in total. The van der Waals surface area contributed by atoms with Crippen molar-refractivity contribution in [3.8, 4) is 5.75 Å². The second kappa shape index (κ2) is 6.32. The van der Waals surface area contributed by atoms with E-state index in [1.165, 1.54) is 30.3 Å². The van der Waals surface area contributed by atoms with Crippen molar-refractivity contribution in [3.63, 3.8) is 0 Å². The zero-order valence-electron chi connectivity index (χ0n) is 10.9. The molecule has 0 saturated carbocycles. The van der Waals surface area contributed by atoms with Gasteiger partial charge < -0.3 is 15.6 Å². The second-order valence-corrected chi connectivity index (χ2v) is 4.39. The topological polar surface area (TPSA) is 72.6 Å². The van der Waals surface area contributed by atoms with Gasteiger partial charge in [-0.15, -0.1) is 0 Å². The Bertz CT molecular complexity index is 644. The summed E-state index contributed by atoms with van der Waals surface area (Å²) in [5, 5.41) is 9.85. The monoisotopic (exact) mass is 293 g/mol. The Morgan fingerprint density at radius 2 is 1.81 bits per heavy atom. The number of hydrogen-bond donors (Lipinski definition) is 2. The number of aliphatic hydroxyl groups excluding tert-OH is 1. The lowest BCUT2D eigenvalue weighted by Crippen LogP contribution is -2.12. The van der Waals surface area contributed by atoms with Crippen LogP contribution < -0.4 is 10.5 Å². The number of rotatable bonds is 5. The third-order valence-electron chi connectivity index (χ3n) is 2.88. The number of ether oxygens (including phenoxy) is 1. The molecular weight excluding hydrogens is 280 g/mol. The zero-order chi connectivity index (χ0) is 15.4. The van der Waals surface area contributed by atoms with E-state index >= 15 is 0 Å². The summed E-state index contributed by atoms with van der Waals surface area (Å²) < 4.78 is 31.2. The van der Waals surface area contributed by atoms with Crippen LogP contribution in [-0.4, -0.2) is 17.6 Å². The van der Waals surface area contributed by atoms with Crippen molar-refractivity contribution in [2.24, 2.45) is 5.73 Å². The molecular formula is C15H13F2NO3. The van der Waals surface area contributed by atoms with Crippen LogP contribution in [-0.2, 0) is 0 Å². The number of nitrogens with two attached hydrogens (primary N) is 1. The van der Waals surface area contributed by atoms with Crippen molar-refractivity contribution >= 4 is 5.91 Å². The Morgan fingerprint density at radius 1 is 1.14 bits per heavy atom. The van der Waals surface area contributed by atoms with E-state index < -0.39 is 23.6 Å². The van der Waals surface area contributed by atoms with Gasteiger partial charge in [0.05, 0.1) is 0 Å². The van der Waals surface area contributed by atoms with Gasteiger partial charge in [0.25, 0.3) is 0 Å². The molecule has 6 heteroatoms. The molecule has 0 bridgehead atoms. The Kier molecular flexibility index (Phi) is 4.49. The minimum Gasteiger partial charge on any atom is -0.491 e. The number of amides is 1. The fraction of sp³-hybridized carbons (Fsp3) is 0.133. The normalized spacial score (nSPS) is 12.0. The van der Waals surface area contributed by atoms with E-state index in [4.69, 9.17) is 10.5 Å². The first kappa shape index (κ1) is 14.9. The lowest BCUT2D eigenvalue weighted by atomic mass is 10.1. The Balaban J connectivity index is 1.98. The number of primary amides is 1. The summed E-state index contributed by atoms with van der Waals surface area (Å²) in [7, 11) is 0. The molecule has 0 heterocycles. The number of halogens is 2. The lowest BCUT2D eigenvalue weighted by Gasteiger charge is -2.13. The van der Waals surface area contributed by atoms with Crippen molar-refractivity contribution in [3.05, 3.63) is 65.2 Å². The van der Waals surface area contributed by atoms with Gasteiger partial charge in [-0.2, -0.15) is 0 Å². The fourth-order valence-corrected chi connectivity index (χ4v) is 1.71. The van der Waals surface area contributed by atoms with Gasteiger partial charge >= 0.3 is 0 Å². The van der Waals surface area contributed by atoms with Crippen LogP contribution in [0.3, 0.4) is 0 Å². The zero-order valence-corrected chi connectivity index (χ0v) is 10.9. The molecule has 2 rings (SSSR count). The van der Waals surface area contributed by atoms with Gasteiger partial charge in [0.15, 0.2) is 11.6 Å². The molecule has 0 saturated heterocycles. The van der Waals surface area contributed by atoms with E-state index in [1.807, 2.05) is 0 Å². The molecule has 2 aromatic rings. The Labute approximate surface area is 119 Å². The highest BCUT2D eigenvalue weighted by atomic mass is 19.2. The second-order valence-electron chi connectivity index (χ2n) is 4.39. The minimum atomic E-state index is -1.10. The summed E-state index contributed by atoms with van der Waals surface area (Å²) in [5.74, 6) is -2.14. The average Bonchev–Trinajstić information content (AvgIpc) is 2.48. The summed E-state index contributed by atoms with van der Waals surface area (Å²) >= 11 is 0. The van der Waals surface area contributed by atoms with Crippen LogP contribution in [0.15, 0.2) is 42.5 Å². The van der Waals surface area contributed by atoms with Gasteiger partial charge in [-0.25, -0.2) is 8.78 Å². The molecule has 1 atom stereocenters. The van der Waals surface area contributed by atoms with Gasteiger partial charge in [-0.3, -0.25) is 4.79 Å². The third-order valence-corrected chi connectivity index (χ3v) is 2.88. The summed E-state index contributed by atoms with van der Waals surface area (Å²) in [6.45, 7) is -0.138. The fourth-order valence-electron chi connectivity index (χ4n) is 1.71. The first-order valence-corrected chi connectivity index (χ1v) is 6.13. The maximum atomic E-state index is 13.1. The molecule has 0 aliphatic heterocycles. The summed E-state index contributed by atoms with van der Waals surface area (Å²) in [6, 6.07) is 9.16. The highest BCUT2D eigenvalue weighted by Crippen LogP contribution is 2.19. The summed E-state index contributed by atoms with van der Waals surface area (Å²) in [6.07, 6.45) is -1.10. The number of carbonyl (C=O) groups is 1. The molecule has 1 amide bonds. The maximum absolute atomic E-state index is 13.1. The van der Waals surface area contributed by atoms with E-state index in [1.54, 1.807) is 0 Å². The highest BCUT2D eigenvalue weighted by Gasteiger charge is 2.12. The van der Waals surface area contributed by atoms with E-state index in [0.717, 1.165) is 12.1 Å². The quantitative estimate of drug-likeness (QED) is 0.887. The maximum Gasteiger partial charge on any atom is 0.248 e. The minimum absolute atomic E-state index is 0.138. The van der Waals surface area contributed by atoms with Crippen LogP contribution in [0, 0.1) is 11.6 Å². The van der Waals surface area contributed by atoms with Crippen molar-refractivity contribution in [1.29, 1.82) is 0 Å². The lowest BCUT2D eigenvalue weighted by molar-refractivity contribution is 0.0999. The molecule has 1 unspecified atom stereocenters. The molecule has 0 aliphatic rings. The molecule has 0 aliphatic carbocycles. The van der Waals surface area contributed by atoms with Crippen LogP contribution in [0.2, 0.25) is 0 Å². The molecule has 110 valence electrons. The van der Waals surface area contributed by atoms with Gasteiger partial charge in [-0.1, -0.05) is 6.07 Å². The van der Waals surface area contributed by atoms with E-state index in [9.17, 15) is 18.7 Å². The van der Waals surface area contributed by atoms with Gasteiger partial charge in [-0.05, 0) is 42.0 Å². The van der Waals surface area contributed by atoms with Gasteiger partial charge in [0.2, 0.25) is 5.91 Å². The third kappa shape index (κ3) is 3.76. The van der Waals surface area contributed by atoms with Gasteiger partial charge in [0, 0.05) is 5.56 Å². The smallest absolute Gasteiger partial charge is 0.248 e. The van der Waals surface area contributed by atoms with Crippen molar-refractivity contribution < 1.29 is 23.4 Å². The van der Waals surface area contributed by atoms with Gasteiger partial charge in [0.1, 0.15) is 18.5 Å². The van der Waals surface area contributed by atoms with E-state index in [2.05, 4.69) is 0 Å². The number of hydrogen-bond acceptors (Lipinski definition) is 3. The standard InChI is InChI=1S/C15H13F2NO3/c16-12-6-3-10(7-13(12)17)14(19)8-21-11-4-1-9(2-5-11)15(18)20/h1-7,14,19H,8H2,(H2,18,20). The molecule has 2 aromatic carbocycles. The SMILES string of the molecule is NC(=O)c1ccc(OCC(O)c2ccc(F)c(F)c2)cc1. The first-order valence-electron chi connectivity index (χ1n) is 6.13. The molecule has 0 spiro atoms. The van der Waals surface area contributed by atoms with E-state index in [-0.39, 0.29) is 12.2 Å². The predicted molar refractivity (Wildman–Crippen MR) is 71.8 cm³/mol. The number of carbonyl (C=O) groups excluding carboxylic acids is 1. The molecule has 21 heavy (non-hydrogen) atoms. The Hall–Kier alpha value is -2.47. The molecule has 0 radical (unpaired) electrons. The molecule has 0 fully saturated rings. The van der Waals surface area contributed by atoms with Crippen molar-refractivity contribution in [2.75, 3.05) is 6.61 Å². The van der Waals surface area contributed by atoms with Crippen LogP contribution >= 0.6 is 0 Å². The largest absolute Gasteiger partial charge is 0.491 e. The number of benzene rings is 2. The van der Waals surface area contributed by atoms with Crippen LogP contribution in [0.1, 0.15) is 22.0 Å². The van der Waals surface area contributed by atoms with Crippen molar-refractivity contribution in [1.82, 2.24) is 0 Å². The molecule has 3 N–H and O–H groups in total. The average molecular weight is 293 g/mol. The molecule has 0 aromatic heterocycles. The Morgan fingerprint density at radius 3 is 2.38 bits per heavy atom. The summed E-state index contributed by atoms with van der Waals surface area (Å²) in [4.78, 5) is 10.9.